The minimum absolute atomic E-state index is 0.178. The number of phosphoric ester groups is 1. The summed E-state index contributed by atoms with van der Waals surface area (Å²) in [7, 11) is -4.61. The van der Waals surface area contributed by atoms with Crippen LogP contribution in [0.15, 0.2) is 12.2 Å². The Bertz CT molecular complexity index is 946. The Morgan fingerprint density at radius 3 is 1.29 bits per heavy atom. The molecule has 0 heterocycles. The third-order valence-corrected chi connectivity index (χ3v) is 11.1. The quantitative estimate of drug-likeness (QED) is 0.0235. The molecular formula is C45H87O10P. The van der Waals surface area contributed by atoms with Gasteiger partial charge < -0.3 is 24.6 Å². The van der Waals surface area contributed by atoms with Crippen molar-refractivity contribution in [1.82, 2.24) is 0 Å². The number of phosphoric acid groups is 1. The van der Waals surface area contributed by atoms with E-state index in [0.717, 1.165) is 57.8 Å². The zero-order chi connectivity index (χ0) is 41.2. The first-order chi connectivity index (χ1) is 27.2. The highest BCUT2D eigenvalue weighted by atomic mass is 31.2. The minimum atomic E-state index is -4.61. The first-order valence-corrected chi connectivity index (χ1v) is 24.6. The van der Waals surface area contributed by atoms with Gasteiger partial charge in [0.15, 0.2) is 6.10 Å². The van der Waals surface area contributed by atoms with Gasteiger partial charge in [0.2, 0.25) is 0 Å². The maximum Gasteiger partial charge on any atom is 0.472 e. The fourth-order valence-corrected chi connectivity index (χ4v) is 7.37. The van der Waals surface area contributed by atoms with E-state index in [-0.39, 0.29) is 19.4 Å². The largest absolute Gasteiger partial charge is 0.472 e. The van der Waals surface area contributed by atoms with Gasteiger partial charge in [-0.25, -0.2) is 4.57 Å². The lowest BCUT2D eigenvalue weighted by Gasteiger charge is -2.20. The minimum Gasteiger partial charge on any atom is -0.462 e. The third-order valence-electron chi connectivity index (χ3n) is 10.2. The van der Waals surface area contributed by atoms with E-state index in [4.69, 9.17) is 23.6 Å². The molecule has 3 N–H and O–H groups in total. The highest BCUT2D eigenvalue weighted by Gasteiger charge is 2.27. The van der Waals surface area contributed by atoms with Crippen molar-refractivity contribution >= 4 is 19.8 Å². The zero-order valence-corrected chi connectivity index (χ0v) is 37.0. The Balaban J connectivity index is 4.20. The second-order valence-corrected chi connectivity index (χ2v) is 17.2. The molecule has 0 aliphatic carbocycles. The van der Waals surface area contributed by atoms with Gasteiger partial charge in [0.1, 0.15) is 12.7 Å². The smallest absolute Gasteiger partial charge is 0.462 e. The number of ether oxygens (including phenoxy) is 2. The van der Waals surface area contributed by atoms with E-state index in [9.17, 15) is 24.2 Å². The maximum absolute atomic E-state index is 12.6. The lowest BCUT2D eigenvalue weighted by Crippen LogP contribution is -2.29. The van der Waals surface area contributed by atoms with Gasteiger partial charge in [-0.1, -0.05) is 187 Å². The second kappa shape index (κ2) is 41.9. The van der Waals surface area contributed by atoms with E-state index < -0.39 is 51.8 Å². The molecule has 332 valence electrons. The average Bonchev–Trinajstić information content (AvgIpc) is 3.19. The van der Waals surface area contributed by atoms with Gasteiger partial charge in [-0.3, -0.25) is 18.6 Å². The number of aliphatic hydroxyl groups excluding tert-OH is 2. The van der Waals surface area contributed by atoms with E-state index >= 15 is 0 Å². The van der Waals surface area contributed by atoms with Gasteiger partial charge in [-0.15, -0.1) is 0 Å². The molecule has 11 heteroatoms. The number of rotatable bonds is 44. The average molecular weight is 819 g/mol. The van der Waals surface area contributed by atoms with E-state index in [1.54, 1.807) is 0 Å². The molecule has 0 radical (unpaired) electrons. The van der Waals surface area contributed by atoms with Crippen LogP contribution < -0.4 is 0 Å². The molecule has 0 saturated carbocycles. The Labute approximate surface area is 343 Å². The van der Waals surface area contributed by atoms with Crippen molar-refractivity contribution < 1.29 is 47.8 Å². The van der Waals surface area contributed by atoms with Crippen LogP contribution in [0.2, 0.25) is 0 Å². The first kappa shape index (κ1) is 54.7. The normalized spacial score (nSPS) is 13.9. The van der Waals surface area contributed by atoms with Crippen LogP contribution in [0.25, 0.3) is 0 Å². The monoisotopic (exact) mass is 819 g/mol. The lowest BCUT2D eigenvalue weighted by molar-refractivity contribution is -0.161. The molecular weight excluding hydrogens is 731 g/mol. The Morgan fingerprint density at radius 2 is 0.875 bits per heavy atom. The van der Waals surface area contributed by atoms with E-state index in [2.05, 4.69) is 26.0 Å². The van der Waals surface area contributed by atoms with E-state index in [1.807, 2.05) is 0 Å². The lowest BCUT2D eigenvalue weighted by atomic mass is 10.0. The van der Waals surface area contributed by atoms with Crippen molar-refractivity contribution in [2.45, 2.75) is 238 Å². The predicted molar refractivity (Wildman–Crippen MR) is 229 cm³/mol. The van der Waals surface area contributed by atoms with Crippen LogP contribution in [0.1, 0.15) is 226 Å². The number of carbonyl (C=O) groups excluding carboxylic acids is 2. The molecule has 0 bridgehead atoms. The molecule has 0 aromatic rings. The van der Waals surface area contributed by atoms with Gasteiger partial charge >= 0.3 is 19.8 Å². The fraction of sp³-hybridized carbons (Fsp3) is 0.911. The summed E-state index contributed by atoms with van der Waals surface area (Å²) < 4.78 is 32.7. The van der Waals surface area contributed by atoms with Gasteiger partial charge in [0.05, 0.1) is 19.8 Å². The van der Waals surface area contributed by atoms with Gasteiger partial charge in [0.25, 0.3) is 0 Å². The molecule has 0 aliphatic heterocycles. The molecule has 0 aromatic carbocycles. The van der Waals surface area contributed by atoms with Crippen LogP contribution in [-0.2, 0) is 32.7 Å². The molecule has 0 saturated heterocycles. The van der Waals surface area contributed by atoms with Crippen molar-refractivity contribution in [1.29, 1.82) is 0 Å². The summed E-state index contributed by atoms with van der Waals surface area (Å²) in [5, 5.41) is 18.3. The molecule has 1 unspecified atom stereocenters. The summed E-state index contributed by atoms with van der Waals surface area (Å²) in [6, 6.07) is 0. The molecule has 0 rings (SSSR count). The summed E-state index contributed by atoms with van der Waals surface area (Å²) in [4.78, 5) is 35.0. The third kappa shape index (κ3) is 40.9. The number of aliphatic hydroxyl groups is 2. The van der Waals surface area contributed by atoms with Gasteiger partial charge in [-0.2, -0.15) is 0 Å². The number of unbranched alkanes of at least 4 members (excludes halogenated alkanes) is 28. The number of carbonyl (C=O) groups is 2. The van der Waals surface area contributed by atoms with Crippen LogP contribution in [-0.4, -0.2) is 65.7 Å². The molecule has 3 atom stereocenters. The standard InChI is InChI=1S/C45H87O10P/c1-3-5-7-9-11-13-15-17-19-20-21-22-23-25-26-28-30-32-34-36-44(48)52-40-43(41-54-56(50,51)53-39-42(47)38-46)55-45(49)37-35-33-31-29-27-24-18-16-14-12-10-8-6-4-2/h16,18,42-43,46-47H,3-15,17,19-41H2,1-2H3,(H,50,51)/b18-16+/t42-,43+/m1/s1. The maximum atomic E-state index is 12.6. The topological polar surface area (TPSA) is 149 Å². The molecule has 56 heavy (non-hydrogen) atoms. The number of hydrogen-bond acceptors (Lipinski definition) is 9. The SMILES string of the molecule is CCCCCCC/C=C/CCCCCCCC(=O)O[C@@H](COC(=O)CCCCCCCCCCCCCCCCCCCCC)COP(=O)(O)OC[C@H](O)CO. The first-order valence-electron chi connectivity index (χ1n) is 23.1. The summed E-state index contributed by atoms with van der Waals surface area (Å²) in [5.74, 6) is -0.922. The second-order valence-electron chi connectivity index (χ2n) is 15.8. The predicted octanol–water partition coefficient (Wildman–Crippen LogP) is 12.4. The highest BCUT2D eigenvalue weighted by Crippen LogP contribution is 2.43. The summed E-state index contributed by atoms with van der Waals surface area (Å²) in [6.07, 6.45) is 40.3. The molecule has 10 nitrogen and oxygen atoms in total. The Hall–Kier alpha value is -1.29. The van der Waals surface area contributed by atoms with Crippen LogP contribution in [0.3, 0.4) is 0 Å². The van der Waals surface area contributed by atoms with Gasteiger partial charge in [0, 0.05) is 12.8 Å². The number of esters is 2. The molecule has 0 aromatic heterocycles. The molecule has 0 fully saturated rings. The van der Waals surface area contributed by atoms with Crippen molar-refractivity contribution in [2.75, 3.05) is 26.4 Å². The van der Waals surface area contributed by atoms with Crippen LogP contribution in [0, 0.1) is 0 Å². The van der Waals surface area contributed by atoms with E-state index in [0.29, 0.717) is 12.8 Å². The number of allylic oxidation sites excluding steroid dienone is 2. The van der Waals surface area contributed by atoms with Crippen LogP contribution in [0.4, 0.5) is 0 Å². The number of hydrogen-bond donors (Lipinski definition) is 3. The molecule has 0 spiro atoms. The van der Waals surface area contributed by atoms with E-state index in [1.165, 1.54) is 128 Å². The summed E-state index contributed by atoms with van der Waals surface area (Å²) in [6.45, 7) is 2.40. The van der Waals surface area contributed by atoms with Crippen molar-refractivity contribution in [3.63, 3.8) is 0 Å². The summed E-state index contributed by atoms with van der Waals surface area (Å²) in [5.41, 5.74) is 0. The van der Waals surface area contributed by atoms with Crippen molar-refractivity contribution in [3.05, 3.63) is 12.2 Å². The van der Waals surface area contributed by atoms with Crippen LogP contribution in [0.5, 0.6) is 0 Å². The van der Waals surface area contributed by atoms with Crippen molar-refractivity contribution in [2.24, 2.45) is 0 Å². The highest BCUT2D eigenvalue weighted by molar-refractivity contribution is 7.47. The Morgan fingerprint density at radius 1 is 0.518 bits per heavy atom. The van der Waals surface area contributed by atoms with Gasteiger partial charge in [-0.05, 0) is 38.5 Å². The van der Waals surface area contributed by atoms with Crippen molar-refractivity contribution in [3.8, 4) is 0 Å². The molecule has 0 amide bonds. The fourth-order valence-electron chi connectivity index (χ4n) is 6.58. The summed E-state index contributed by atoms with van der Waals surface area (Å²) >= 11 is 0. The van der Waals surface area contributed by atoms with Crippen LogP contribution >= 0.6 is 7.82 Å². The molecule has 0 aliphatic rings. The zero-order valence-electron chi connectivity index (χ0n) is 36.1. The Kier molecular flexibility index (Phi) is 40.9.